The average Bonchev–Trinajstić information content (AvgIpc) is 2.63. The molecule has 1 atom stereocenters. The molecule has 5 nitrogen and oxygen atoms in total. The van der Waals surface area contributed by atoms with Crippen LogP contribution in [0.1, 0.15) is 0 Å². The van der Waals surface area contributed by atoms with Gasteiger partial charge in [0.2, 0.25) is 0 Å². The first-order valence-electron chi connectivity index (χ1n) is 3.76. The lowest BCUT2D eigenvalue weighted by molar-refractivity contribution is 0.129. The first-order valence-corrected chi connectivity index (χ1v) is 3.76. The standard InChI is InChI=1S/C7H9N3O2/c11-7-8-4-6(12-7)5-10-3-1-2-9-10/h1-3,6H,4-5H2,(H,8,11)/t6-/m0/s1. The molecule has 0 aromatic carbocycles. The number of hydrogen-bond acceptors (Lipinski definition) is 3. The fraction of sp³-hybridized carbons (Fsp3) is 0.429. The van der Waals surface area contributed by atoms with Crippen molar-refractivity contribution in [3.05, 3.63) is 18.5 Å². The minimum absolute atomic E-state index is 0.0857. The van der Waals surface area contributed by atoms with Crippen LogP contribution in [0.2, 0.25) is 0 Å². The van der Waals surface area contributed by atoms with Gasteiger partial charge in [-0.05, 0) is 6.07 Å². The van der Waals surface area contributed by atoms with E-state index < -0.39 is 0 Å². The van der Waals surface area contributed by atoms with Gasteiger partial charge in [-0.3, -0.25) is 4.68 Å². The Morgan fingerprint density at radius 3 is 3.33 bits per heavy atom. The number of cyclic esters (lactones) is 1. The van der Waals surface area contributed by atoms with Crippen LogP contribution >= 0.6 is 0 Å². The van der Waals surface area contributed by atoms with Crippen LogP contribution in [0.4, 0.5) is 4.79 Å². The maximum atomic E-state index is 10.6. The van der Waals surface area contributed by atoms with E-state index in [0.29, 0.717) is 13.1 Å². The van der Waals surface area contributed by atoms with Crippen molar-refractivity contribution in [2.24, 2.45) is 0 Å². The quantitative estimate of drug-likeness (QED) is 0.674. The van der Waals surface area contributed by atoms with Gasteiger partial charge >= 0.3 is 6.09 Å². The Bertz CT molecular complexity index is 270. The summed E-state index contributed by atoms with van der Waals surface area (Å²) in [7, 11) is 0. The minimum Gasteiger partial charge on any atom is -0.442 e. The highest BCUT2D eigenvalue weighted by atomic mass is 16.6. The van der Waals surface area contributed by atoms with Gasteiger partial charge in [-0.25, -0.2) is 4.79 Å². The summed E-state index contributed by atoms with van der Waals surface area (Å²) in [4.78, 5) is 10.6. The normalized spacial score (nSPS) is 22.0. The molecule has 1 aliphatic rings. The number of nitrogens with zero attached hydrogens (tertiary/aromatic N) is 2. The number of alkyl carbamates (subject to hydrolysis) is 1. The molecule has 1 N–H and O–H groups in total. The van der Waals surface area contributed by atoms with Gasteiger partial charge < -0.3 is 10.1 Å². The van der Waals surface area contributed by atoms with Crippen molar-refractivity contribution in [1.29, 1.82) is 0 Å². The zero-order chi connectivity index (χ0) is 8.39. The second-order valence-electron chi connectivity index (χ2n) is 2.64. The van der Waals surface area contributed by atoms with Crippen molar-refractivity contribution in [3.63, 3.8) is 0 Å². The van der Waals surface area contributed by atoms with Crippen LogP contribution in [-0.2, 0) is 11.3 Å². The monoisotopic (exact) mass is 167 g/mol. The van der Waals surface area contributed by atoms with E-state index in [1.54, 1.807) is 10.9 Å². The molecule has 5 heteroatoms. The molecule has 1 aromatic rings. The molecule has 0 bridgehead atoms. The van der Waals surface area contributed by atoms with Gasteiger partial charge in [-0.15, -0.1) is 0 Å². The van der Waals surface area contributed by atoms with Gasteiger partial charge in [0, 0.05) is 12.4 Å². The number of nitrogens with one attached hydrogen (secondary N) is 1. The highest BCUT2D eigenvalue weighted by molar-refractivity contribution is 5.69. The van der Waals surface area contributed by atoms with E-state index in [2.05, 4.69) is 10.4 Å². The molecule has 0 unspecified atom stereocenters. The number of amides is 1. The van der Waals surface area contributed by atoms with Crippen molar-refractivity contribution >= 4 is 6.09 Å². The van der Waals surface area contributed by atoms with E-state index in [1.807, 2.05) is 12.3 Å². The van der Waals surface area contributed by atoms with Gasteiger partial charge in [0.15, 0.2) is 0 Å². The highest BCUT2D eigenvalue weighted by Gasteiger charge is 2.22. The topological polar surface area (TPSA) is 56.2 Å². The second-order valence-corrected chi connectivity index (χ2v) is 2.64. The number of carbonyl (C=O) groups is 1. The SMILES string of the molecule is O=C1NC[C@@H](Cn2cccn2)O1. The lowest BCUT2D eigenvalue weighted by Gasteiger charge is -2.06. The third-order valence-electron chi connectivity index (χ3n) is 1.70. The summed E-state index contributed by atoms with van der Waals surface area (Å²) in [6.45, 7) is 1.18. The molecule has 1 aromatic heterocycles. The van der Waals surface area contributed by atoms with Crippen molar-refractivity contribution in [1.82, 2.24) is 15.1 Å². The predicted molar refractivity (Wildman–Crippen MR) is 40.5 cm³/mol. The van der Waals surface area contributed by atoms with Crippen LogP contribution in [0.3, 0.4) is 0 Å². The third-order valence-corrected chi connectivity index (χ3v) is 1.70. The maximum Gasteiger partial charge on any atom is 0.407 e. The van der Waals surface area contributed by atoms with Crippen LogP contribution in [0.25, 0.3) is 0 Å². The molecule has 0 radical (unpaired) electrons. The zero-order valence-electron chi connectivity index (χ0n) is 6.43. The molecule has 0 saturated carbocycles. The highest BCUT2D eigenvalue weighted by Crippen LogP contribution is 2.02. The molecule has 0 aliphatic carbocycles. The van der Waals surface area contributed by atoms with Crippen LogP contribution < -0.4 is 5.32 Å². The number of aromatic nitrogens is 2. The van der Waals surface area contributed by atoms with Gasteiger partial charge in [0.05, 0.1) is 13.1 Å². The summed E-state index contributed by atoms with van der Waals surface area (Å²) in [5, 5.41) is 6.58. The van der Waals surface area contributed by atoms with Crippen molar-refractivity contribution in [2.75, 3.05) is 6.54 Å². The van der Waals surface area contributed by atoms with Gasteiger partial charge in [0.1, 0.15) is 6.10 Å². The van der Waals surface area contributed by atoms with Crippen molar-refractivity contribution in [3.8, 4) is 0 Å². The average molecular weight is 167 g/mol. The molecule has 12 heavy (non-hydrogen) atoms. The van der Waals surface area contributed by atoms with Crippen LogP contribution in [0.15, 0.2) is 18.5 Å². The number of carbonyl (C=O) groups excluding carboxylic acids is 1. The molecule has 0 spiro atoms. The fourth-order valence-corrected chi connectivity index (χ4v) is 1.15. The Morgan fingerprint density at radius 2 is 2.75 bits per heavy atom. The lowest BCUT2D eigenvalue weighted by atomic mass is 10.4. The lowest BCUT2D eigenvalue weighted by Crippen LogP contribution is -2.20. The van der Waals surface area contributed by atoms with Crippen LogP contribution in [0, 0.1) is 0 Å². The molecule has 64 valence electrons. The van der Waals surface area contributed by atoms with Crippen molar-refractivity contribution in [2.45, 2.75) is 12.6 Å². The summed E-state index contributed by atoms with van der Waals surface area (Å²) in [6, 6.07) is 1.84. The van der Waals surface area contributed by atoms with E-state index in [-0.39, 0.29) is 12.2 Å². The number of hydrogen-bond donors (Lipinski definition) is 1. The first kappa shape index (κ1) is 7.15. The fourth-order valence-electron chi connectivity index (χ4n) is 1.15. The van der Waals surface area contributed by atoms with Crippen molar-refractivity contribution < 1.29 is 9.53 Å². The summed E-state index contributed by atoms with van der Waals surface area (Å²) in [6.07, 6.45) is 3.11. The van der Waals surface area contributed by atoms with Crippen LogP contribution in [-0.4, -0.2) is 28.5 Å². The second kappa shape index (κ2) is 2.84. The number of rotatable bonds is 2. The third kappa shape index (κ3) is 1.39. The largest absolute Gasteiger partial charge is 0.442 e. The predicted octanol–water partition coefficient (Wildman–Crippen LogP) is -0.00850. The van der Waals surface area contributed by atoms with Gasteiger partial charge in [-0.1, -0.05) is 0 Å². The minimum atomic E-state index is -0.341. The molecular formula is C7H9N3O2. The Morgan fingerprint density at radius 1 is 1.83 bits per heavy atom. The molecule has 1 fully saturated rings. The summed E-state index contributed by atoms with van der Waals surface area (Å²) in [5.74, 6) is 0. The molecule has 1 saturated heterocycles. The Hall–Kier alpha value is -1.52. The van der Waals surface area contributed by atoms with E-state index in [0.717, 1.165) is 0 Å². The Balaban J connectivity index is 1.92. The number of ether oxygens (including phenoxy) is 1. The van der Waals surface area contributed by atoms with Crippen LogP contribution in [0.5, 0.6) is 0 Å². The first-order chi connectivity index (χ1) is 5.84. The molecule has 1 aliphatic heterocycles. The Kier molecular flexibility index (Phi) is 1.69. The molecule has 2 heterocycles. The van der Waals surface area contributed by atoms with Gasteiger partial charge in [-0.2, -0.15) is 5.10 Å². The molecule has 1 amide bonds. The Labute approximate surface area is 69.3 Å². The summed E-state index contributed by atoms with van der Waals surface area (Å²) >= 11 is 0. The van der Waals surface area contributed by atoms with Gasteiger partial charge in [0.25, 0.3) is 0 Å². The summed E-state index contributed by atoms with van der Waals surface area (Å²) < 4.78 is 6.66. The van der Waals surface area contributed by atoms with E-state index in [9.17, 15) is 4.79 Å². The van der Waals surface area contributed by atoms with E-state index >= 15 is 0 Å². The van der Waals surface area contributed by atoms with E-state index in [4.69, 9.17) is 4.74 Å². The smallest absolute Gasteiger partial charge is 0.407 e. The molecular weight excluding hydrogens is 158 g/mol. The summed E-state index contributed by atoms with van der Waals surface area (Å²) in [5.41, 5.74) is 0. The maximum absolute atomic E-state index is 10.6. The van der Waals surface area contributed by atoms with E-state index in [1.165, 1.54) is 0 Å². The molecule has 2 rings (SSSR count). The zero-order valence-corrected chi connectivity index (χ0v) is 6.43.